The number of ether oxygens (including phenoxy) is 2. The third kappa shape index (κ3) is 5.49. The Morgan fingerprint density at radius 3 is 2.31 bits per heavy atom. The van der Waals surface area contributed by atoms with Gasteiger partial charge in [0, 0.05) is 11.3 Å². The number of nitrogens with two attached hydrogens (primary N) is 1. The second-order valence-electron chi connectivity index (χ2n) is 6.20. The Hall–Kier alpha value is -2.53. The number of hydrogen-bond acceptors (Lipinski definition) is 3. The molecule has 0 heterocycles. The van der Waals surface area contributed by atoms with Gasteiger partial charge in [0.2, 0.25) is 0 Å². The average molecular weight is 357 g/mol. The fraction of sp³-hybridized carbons (Fsp3) is 0.381. The van der Waals surface area contributed by atoms with Crippen molar-refractivity contribution in [3.05, 3.63) is 54.1 Å². The summed E-state index contributed by atoms with van der Waals surface area (Å²) in [5.74, 6) is 1.48. The molecule has 2 aromatic carbocycles. The maximum atomic E-state index is 12.4. The molecule has 0 bridgehead atoms. The van der Waals surface area contributed by atoms with Gasteiger partial charge in [-0.25, -0.2) is 0 Å². The summed E-state index contributed by atoms with van der Waals surface area (Å²) in [4.78, 5) is 12.4. The Labute approximate surface area is 155 Å². The van der Waals surface area contributed by atoms with Crippen molar-refractivity contribution in [2.45, 2.75) is 39.8 Å². The number of anilines is 1. The van der Waals surface area contributed by atoms with Crippen LogP contribution in [0.3, 0.4) is 0 Å². The first kappa shape index (κ1) is 19.8. The average Bonchev–Trinajstić information content (AvgIpc) is 2.64. The van der Waals surface area contributed by atoms with E-state index in [-0.39, 0.29) is 18.0 Å². The minimum absolute atomic E-state index is 0.0148. The van der Waals surface area contributed by atoms with Gasteiger partial charge in [0.1, 0.15) is 6.04 Å². The molecule has 0 aliphatic rings. The lowest BCUT2D eigenvalue weighted by Crippen LogP contribution is -2.91. The molecule has 0 radical (unpaired) electrons. The number of rotatable bonds is 9. The Morgan fingerprint density at radius 1 is 1.00 bits per heavy atom. The number of carbonyl (C=O) groups is 1. The molecule has 2 rings (SSSR count). The van der Waals surface area contributed by atoms with Crippen molar-refractivity contribution in [3.63, 3.8) is 0 Å². The third-order valence-corrected chi connectivity index (χ3v) is 4.13. The molecule has 0 unspecified atom stereocenters. The zero-order chi connectivity index (χ0) is 18.9. The second-order valence-corrected chi connectivity index (χ2v) is 6.20. The summed E-state index contributed by atoms with van der Waals surface area (Å²) in [6.07, 6.45) is 0. The van der Waals surface area contributed by atoms with Crippen molar-refractivity contribution in [1.82, 2.24) is 0 Å². The molecule has 0 spiro atoms. The molecule has 2 aromatic rings. The number of para-hydroxylation sites is 1. The van der Waals surface area contributed by atoms with Crippen LogP contribution in [0.2, 0.25) is 0 Å². The van der Waals surface area contributed by atoms with Gasteiger partial charge < -0.3 is 20.1 Å². The Morgan fingerprint density at radius 2 is 1.65 bits per heavy atom. The fourth-order valence-corrected chi connectivity index (χ4v) is 2.76. The van der Waals surface area contributed by atoms with Gasteiger partial charge in [0.25, 0.3) is 5.91 Å². The van der Waals surface area contributed by atoms with Crippen LogP contribution < -0.4 is 20.1 Å². The summed E-state index contributed by atoms with van der Waals surface area (Å²) in [7, 11) is 0. The molecule has 5 nitrogen and oxygen atoms in total. The van der Waals surface area contributed by atoms with Gasteiger partial charge in [-0.2, -0.15) is 0 Å². The summed E-state index contributed by atoms with van der Waals surface area (Å²) in [6, 6.07) is 15.4. The molecule has 140 valence electrons. The quantitative estimate of drug-likeness (QED) is 0.725. The molecule has 0 aliphatic heterocycles. The first-order valence-electron chi connectivity index (χ1n) is 9.15. The summed E-state index contributed by atoms with van der Waals surface area (Å²) >= 11 is 0. The number of amides is 1. The highest BCUT2D eigenvalue weighted by atomic mass is 16.5. The van der Waals surface area contributed by atoms with E-state index < -0.39 is 0 Å². The van der Waals surface area contributed by atoms with E-state index in [2.05, 4.69) is 12.2 Å². The molecule has 0 fully saturated rings. The zero-order valence-corrected chi connectivity index (χ0v) is 16.0. The van der Waals surface area contributed by atoms with Crippen LogP contribution in [-0.2, 0) is 4.79 Å². The maximum Gasteiger partial charge on any atom is 0.282 e. The largest absolute Gasteiger partial charge is 0.490 e. The predicted octanol–water partition coefficient (Wildman–Crippen LogP) is 3.14. The van der Waals surface area contributed by atoms with Gasteiger partial charge >= 0.3 is 0 Å². The first-order chi connectivity index (χ1) is 12.5. The second kappa shape index (κ2) is 9.82. The molecule has 0 aliphatic carbocycles. The molecule has 3 N–H and O–H groups in total. The lowest BCUT2D eigenvalue weighted by Gasteiger charge is -2.18. The van der Waals surface area contributed by atoms with E-state index in [1.165, 1.54) is 0 Å². The van der Waals surface area contributed by atoms with Gasteiger partial charge in [-0.05, 0) is 58.0 Å². The summed E-state index contributed by atoms with van der Waals surface area (Å²) in [5.41, 5.74) is 1.90. The normalized spacial score (nSPS) is 12.9. The van der Waals surface area contributed by atoms with Crippen LogP contribution in [0.25, 0.3) is 0 Å². The molecule has 0 aromatic heterocycles. The van der Waals surface area contributed by atoms with Gasteiger partial charge in [0.05, 0.1) is 13.2 Å². The number of hydrogen-bond donors (Lipinski definition) is 2. The number of quaternary nitrogens is 1. The molecule has 26 heavy (non-hydrogen) atoms. The van der Waals surface area contributed by atoms with Crippen LogP contribution in [0.5, 0.6) is 11.5 Å². The standard InChI is InChI=1S/C21H28N2O3/c1-5-25-19-13-12-17(14-20(19)26-6-2)15(3)22-16(4)21(24)23-18-10-8-7-9-11-18/h7-16,22H,5-6H2,1-4H3,(H,23,24)/p+1/t15-,16+/m1/s1. The number of benzene rings is 2. The van der Waals surface area contributed by atoms with Crippen LogP contribution in [0.1, 0.15) is 39.3 Å². The third-order valence-electron chi connectivity index (χ3n) is 4.13. The molecule has 0 saturated heterocycles. The summed E-state index contributed by atoms with van der Waals surface area (Å²) in [5, 5.41) is 4.99. The Bertz CT molecular complexity index is 704. The van der Waals surface area contributed by atoms with E-state index in [1.807, 2.05) is 74.6 Å². The molecule has 0 saturated carbocycles. The molecular weight excluding hydrogens is 328 g/mol. The van der Waals surface area contributed by atoms with E-state index in [4.69, 9.17) is 9.47 Å². The number of nitrogens with one attached hydrogen (secondary N) is 1. The van der Waals surface area contributed by atoms with E-state index in [1.54, 1.807) is 0 Å². The van der Waals surface area contributed by atoms with Crippen molar-refractivity contribution in [2.75, 3.05) is 18.5 Å². The smallest absolute Gasteiger partial charge is 0.282 e. The van der Waals surface area contributed by atoms with Gasteiger partial charge in [0.15, 0.2) is 17.5 Å². The summed E-state index contributed by atoms with van der Waals surface area (Å²) < 4.78 is 11.3. The van der Waals surface area contributed by atoms with E-state index in [0.717, 1.165) is 22.7 Å². The van der Waals surface area contributed by atoms with Gasteiger partial charge in [-0.1, -0.05) is 18.2 Å². The van der Waals surface area contributed by atoms with E-state index in [9.17, 15) is 4.79 Å². The first-order valence-corrected chi connectivity index (χ1v) is 9.15. The number of carbonyl (C=O) groups excluding carboxylic acids is 1. The van der Waals surface area contributed by atoms with Crippen LogP contribution in [0.15, 0.2) is 48.5 Å². The lowest BCUT2D eigenvalue weighted by molar-refractivity contribution is -0.709. The maximum absolute atomic E-state index is 12.4. The topological polar surface area (TPSA) is 64.2 Å². The summed E-state index contributed by atoms with van der Waals surface area (Å²) in [6.45, 7) is 9.07. The molecule has 5 heteroatoms. The highest BCUT2D eigenvalue weighted by Gasteiger charge is 2.21. The van der Waals surface area contributed by atoms with Crippen LogP contribution in [0, 0.1) is 0 Å². The van der Waals surface area contributed by atoms with Crippen LogP contribution in [-0.4, -0.2) is 25.2 Å². The zero-order valence-electron chi connectivity index (χ0n) is 16.0. The lowest BCUT2D eigenvalue weighted by atomic mass is 10.1. The molecule has 1 amide bonds. The Kier molecular flexibility index (Phi) is 7.48. The SMILES string of the molecule is CCOc1ccc([C@@H](C)[NH2+][C@@H](C)C(=O)Nc2ccccc2)cc1OCC. The van der Waals surface area contributed by atoms with Crippen molar-refractivity contribution in [3.8, 4) is 11.5 Å². The van der Waals surface area contributed by atoms with E-state index in [0.29, 0.717) is 13.2 Å². The Balaban J connectivity index is 2.02. The molecule has 2 atom stereocenters. The van der Waals surface area contributed by atoms with Crippen molar-refractivity contribution < 1.29 is 19.6 Å². The monoisotopic (exact) mass is 357 g/mol. The molecular formula is C21H29N2O3+. The van der Waals surface area contributed by atoms with Crippen molar-refractivity contribution in [2.24, 2.45) is 0 Å². The van der Waals surface area contributed by atoms with E-state index >= 15 is 0 Å². The van der Waals surface area contributed by atoms with Gasteiger partial charge in [-0.3, -0.25) is 4.79 Å². The minimum atomic E-state index is -0.215. The van der Waals surface area contributed by atoms with Gasteiger partial charge in [-0.15, -0.1) is 0 Å². The fourth-order valence-electron chi connectivity index (χ4n) is 2.76. The highest BCUT2D eigenvalue weighted by molar-refractivity contribution is 5.93. The minimum Gasteiger partial charge on any atom is -0.490 e. The van der Waals surface area contributed by atoms with Crippen molar-refractivity contribution >= 4 is 11.6 Å². The predicted molar refractivity (Wildman–Crippen MR) is 104 cm³/mol. The highest BCUT2D eigenvalue weighted by Crippen LogP contribution is 2.30. The van der Waals surface area contributed by atoms with Crippen LogP contribution >= 0.6 is 0 Å². The van der Waals surface area contributed by atoms with Crippen LogP contribution in [0.4, 0.5) is 5.69 Å². The van der Waals surface area contributed by atoms with Crippen molar-refractivity contribution in [1.29, 1.82) is 0 Å².